The highest BCUT2D eigenvalue weighted by Gasteiger charge is 2.48. The predicted octanol–water partition coefficient (Wildman–Crippen LogP) is 0.468. The van der Waals surface area contributed by atoms with Crippen LogP contribution in [0.4, 0.5) is 4.79 Å². The van der Waals surface area contributed by atoms with Crippen LogP contribution in [0.25, 0.3) is 0 Å². The number of fused-ring (bicyclic) bond motifs is 1. The largest absolute Gasteiger partial charge is 0.502 e. The Labute approximate surface area is 196 Å². The van der Waals surface area contributed by atoms with E-state index in [1.54, 1.807) is 17.9 Å². The number of amides is 4. The fourth-order valence-corrected chi connectivity index (χ4v) is 5.74. The second-order valence-corrected chi connectivity index (χ2v) is 11.3. The Morgan fingerprint density at radius 2 is 2.06 bits per heavy atom. The van der Waals surface area contributed by atoms with Gasteiger partial charge in [-0.1, -0.05) is 11.2 Å². The monoisotopic (exact) mass is 488 g/mol. The molecule has 12 heteroatoms. The molecule has 0 aromatic carbocycles. The van der Waals surface area contributed by atoms with Gasteiger partial charge in [0, 0.05) is 24.7 Å². The van der Waals surface area contributed by atoms with Crippen LogP contribution < -0.4 is 4.72 Å². The molecule has 1 aromatic rings. The molecule has 2 aliphatic carbocycles. The van der Waals surface area contributed by atoms with E-state index in [9.17, 15) is 22.8 Å². The molecule has 180 valence electrons. The first-order chi connectivity index (χ1) is 16.1. The van der Waals surface area contributed by atoms with Crippen molar-refractivity contribution in [3.8, 4) is 0 Å². The number of urea groups is 1. The van der Waals surface area contributed by atoms with Crippen LogP contribution in [0.1, 0.15) is 37.6 Å². The summed E-state index contributed by atoms with van der Waals surface area (Å²) in [5.74, 6) is -0.581. The number of hydrogen-bond acceptors (Lipinski definition) is 7. The highest BCUT2D eigenvalue weighted by molar-refractivity contribution is 7.90. The summed E-state index contributed by atoms with van der Waals surface area (Å²) >= 11 is 0. The highest BCUT2D eigenvalue weighted by atomic mass is 32.2. The maximum Gasteiger partial charge on any atom is 0.502 e. The molecule has 1 saturated carbocycles. The van der Waals surface area contributed by atoms with E-state index in [-0.39, 0.29) is 30.3 Å². The van der Waals surface area contributed by atoms with E-state index in [4.69, 9.17) is 4.52 Å². The second-order valence-electron chi connectivity index (χ2n) is 9.43. The number of nitrogens with one attached hydrogen (secondary N) is 1. The van der Waals surface area contributed by atoms with Crippen molar-refractivity contribution >= 4 is 33.6 Å². The van der Waals surface area contributed by atoms with Gasteiger partial charge in [-0.3, -0.25) is 4.79 Å². The van der Waals surface area contributed by atoms with E-state index < -0.39 is 32.8 Å². The normalized spacial score (nSPS) is 23.6. The van der Waals surface area contributed by atoms with Crippen LogP contribution in [0.15, 0.2) is 34.4 Å². The molecule has 4 amide bonds. The van der Waals surface area contributed by atoms with Crippen LogP contribution in [0.3, 0.4) is 0 Å². The molecule has 2 fully saturated rings. The number of nitrogens with zero attached hydrogens (tertiary/aromatic N) is 4. The number of aromatic nitrogens is 1. The molecule has 1 N–H and O–H groups in total. The SMILES string of the molecule is Cc1cc(CN2C(=O)C3=CC(S(=O)(=O)NC4(C)CC4)C=CC3=[N+](CC(=O)N3CCC3)C2=O)on1. The summed E-state index contributed by atoms with van der Waals surface area (Å²) in [5.41, 5.74) is 0.409. The first-order valence-corrected chi connectivity index (χ1v) is 12.7. The number of allylic oxidation sites excluding steroid dienone is 1. The summed E-state index contributed by atoms with van der Waals surface area (Å²) in [6, 6.07) is 0.938. The Morgan fingerprint density at radius 3 is 2.65 bits per heavy atom. The molecule has 1 aromatic heterocycles. The first kappa shape index (κ1) is 22.7. The van der Waals surface area contributed by atoms with Gasteiger partial charge in [-0.05, 0) is 45.3 Å². The lowest BCUT2D eigenvalue weighted by Crippen LogP contribution is -2.55. The summed E-state index contributed by atoms with van der Waals surface area (Å²) in [6.45, 7) is 4.36. The van der Waals surface area contributed by atoms with Crippen molar-refractivity contribution in [2.75, 3.05) is 19.6 Å². The summed E-state index contributed by atoms with van der Waals surface area (Å²) < 4.78 is 35.0. The number of carbonyl (C=O) groups is 3. The molecular formula is C22H26N5O6S+. The van der Waals surface area contributed by atoms with Crippen LogP contribution in [0.2, 0.25) is 0 Å². The zero-order valence-electron chi connectivity index (χ0n) is 19.0. The Kier molecular flexibility index (Phi) is 5.32. The van der Waals surface area contributed by atoms with Gasteiger partial charge >= 0.3 is 11.9 Å². The van der Waals surface area contributed by atoms with Crippen molar-refractivity contribution in [2.24, 2.45) is 0 Å². The number of rotatable bonds is 7. The van der Waals surface area contributed by atoms with Gasteiger partial charge in [-0.25, -0.2) is 17.9 Å². The Morgan fingerprint density at radius 1 is 1.32 bits per heavy atom. The second kappa shape index (κ2) is 7.98. The third kappa shape index (κ3) is 4.11. The van der Waals surface area contributed by atoms with Gasteiger partial charge in [0.1, 0.15) is 16.5 Å². The van der Waals surface area contributed by atoms with Gasteiger partial charge in [0.15, 0.2) is 18.8 Å². The minimum atomic E-state index is -3.79. The standard InChI is InChI=1S/C22H26N5O6S/c1-14-10-15(33-23-14)12-27-20(29)17-11-16(34(31,32)24-22(2)6-7-22)4-5-18(17)26(21(27)30)13-19(28)25-8-3-9-25/h4-5,10-11,16,24H,3,6-9,12-13H2,1-2H3/q+1. The lowest BCUT2D eigenvalue weighted by Gasteiger charge is -2.31. The first-order valence-electron chi connectivity index (χ1n) is 11.2. The summed E-state index contributed by atoms with van der Waals surface area (Å²) in [4.78, 5) is 42.0. The molecular weight excluding hydrogens is 462 g/mol. The Hall–Kier alpha value is -3.12. The third-order valence-corrected chi connectivity index (χ3v) is 8.31. The lowest BCUT2D eigenvalue weighted by atomic mass is 9.99. The van der Waals surface area contributed by atoms with Gasteiger partial charge in [0.05, 0.1) is 5.69 Å². The molecule has 5 rings (SSSR count). The molecule has 0 radical (unpaired) electrons. The molecule has 1 unspecified atom stereocenters. The molecule has 3 heterocycles. The van der Waals surface area contributed by atoms with E-state index in [1.165, 1.54) is 22.8 Å². The van der Waals surface area contributed by atoms with Crippen LogP contribution >= 0.6 is 0 Å². The average molecular weight is 489 g/mol. The maximum absolute atomic E-state index is 13.4. The van der Waals surface area contributed by atoms with E-state index in [0.717, 1.165) is 24.2 Å². The summed E-state index contributed by atoms with van der Waals surface area (Å²) in [6.07, 6.45) is 6.63. The van der Waals surface area contributed by atoms with E-state index in [0.29, 0.717) is 24.5 Å². The number of aryl methyl sites for hydroxylation is 1. The highest BCUT2D eigenvalue weighted by Crippen LogP contribution is 2.36. The van der Waals surface area contributed by atoms with Gasteiger partial charge in [0.2, 0.25) is 10.0 Å². The number of sulfonamides is 1. The Balaban J connectivity index is 1.51. The van der Waals surface area contributed by atoms with Gasteiger partial charge in [-0.15, -0.1) is 4.90 Å². The summed E-state index contributed by atoms with van der Waals surface area (Å²) in [5, 5.41) is 2.71. The van der Waals surface area contributed by atoms with Gasteiger partial charge in [-0.2, -0.15) is 9.37 Å². The van der Waals surface area contributed by atoms with E-state index >= 15 is 0 Å². The molecule has 4 aliphatic rings. The minimum absolute atomic E-state index is 0.0612. The Bertz CT molecular complexity index is 1280. The number of carbonyl (C=O) groups excluding carboxylic acids is 3. The van der Waals surface area contributed by atoms with Crippen molar-refractivity contribution in [3.63, 3.8) is 0 Å². The van der Waals surface area contributed by atoms with Crippen molar-refractivity contribution in [2.45, 2.75) is 50.4 Å². The fourth-order valence-electron chi connectivity index (χ4n) is 4.11. The topological polar surface area (TPSA) is 133 Å². The van der Waals surface area contributed by atoms with E-state index in [1.807, 2.05) is 6.92 Å². The fraction of sp³-hybridized carbons (Fsp3) is 0.500. The molecule has 34 heavy (non-hydrogen) atoms. The van der Waals surface area contributed by atoms with Crippen LogP contribution in [-0.2, 0) is 26.2 Å². The summed E-state index contributed by atoms with van der Waals surface area (Å²) in [7, 11) is -3.79. The molecule has 0 spiro atoms. The smallest absolute Gasteiger partial charge is 0.357 e. The molecule has 1 atom stereocenters. The number of likely N-dealkylation sites (tertiary alicyclic amines) is 1. The minimum Gasteiger partial charge on any atom is -0.357 e. The van der Waals surface area contributed by atoms with Gasteiger partial charge < -0.3 is 9.42 Å². The third-order valence-electron chi connectivity index (χ3n) is 6.52. The van der Waals surface area contributed by atoms with Crippen LogP contribution in [0, 0.1) is 6.92 Å². The quantitative estimate of drug-likeness (QED) is 0.552. The van der Waals surface area contributed by atoms with Crippen molar-refractivity contribution in [3.05, 3.63) is 41.3 Å². The van der Waals surface area contributed by atoms with Gasteiger partial charge in [0.25, 0.3) is 5.91 Å². The maximum atomic E-state index is 13.4. The zero-order valence-corrected chi connectivity index (χ0v) is 19.8. The van der Waals surface area contributed by atoms with Crippen molar-refractivity contribution in [1.29, 1.82) is 0 Å². The molecule has 2 aliphatic heterocycles. The van der Waals surface area contributed by atoms with Crippen molar-refractivity contribution in [1.82, 2.24) is 19.7 Å². The van der Waals surface area contributed by atoms with Crippen molar-refractivity contribution < 1.29 is 31.9 Å². The number of imide groups is 1. The predicted molar refractivity (Wildman–Crippen MR) is 119 cm³/mol. The number of hydrogen-bond donors (Lipinski definition) is 1. The zero-order chi connectivity index (χ0) is 24.3. The lowest BCUT2D eigenvalue weighted by molar-refractivity contribution is -0.426. The average Bonchev–Trinajstić information content (AvgIpc) is 3.30. The van der Waals surface area contributed by atoms with Crippen LogP contribution in [0.5, 0.6) is 0 Å². The van der Waals surface area contributed by atoms with E-state index in [2.05, 4.69) is 9.88 Å². The molecule has 11 nitrogen and oxygen atoms in total. The van der Waals surface area contributed by atoms with Crippen LogP contribution in [-0.4, -0.2) is 81.9 Å². The molecule has 1 saturated heterocycles. The molecule has 0 bridgehead atoms.